The molecule has 0 saturated carbocycles. The van der Waals surface area contributed by atoms with Gasteiger partial charge in [0.2, 0.25) is 5.91 Å². The molecule has 0 aliphatic carbocycles. The van der Waals surface area contributed by atoms with Crippen LogP contribution in [0.1, 0.15) is 24.4 Å². The Balaban J connectivity index is 1.79. The van der Waals surface area contributed by atoms with E-state index in [1.807, 2.05) is 31.2 Å². The lowest BCUT2D eigenvalue weighted by molar-refractivity contribution is -0.127. The molecule has 1 atom stereocenters. The van der Waals surface area contributed by atoms with E-state index < -0.39 is 16.1 Å². The molecule has 2 aromatic carbocycles. The van der Waals surface area contributed by atoms with Gasteiger partial charge >= 0.3 is 0 Å². The summed E-state index contributed by atoms with van der Waals surface area (Å²) in [6.07, 6.45) is 10.8. The summed E-state index contributed by atoms with van der Waals surface area (Å²) in [4.78, 5) is 31.6. The van der Waals surface area contributed by atoms with E-state index in [4.69, 9.17) is 4.74 Å². The lowest BCUT2D eigenvalue weighted by atomic mass is 10.1. The number of imidazole rings is 1. The van der Waals surface area contributed by atoms with E-state index >= 15 is 0 Å². The summed E-state index contributed by atoms with van der Waals surface area (Å²) < 4.78 is 7.01. The smallest absolute Gasteiger partial charge is 0.251 e. The molecule has 3 aromatic rings. The summed E-state index contributed by atoms with van der Waals surface area (Å²) in [6.45, 7) is 2.07. The molecule has 2 N–H and O–H groups in total. The number of rotatable bonds is 9. The molecule has 176 valence electrons. The summed E-state index contributed by atoms with van der Waals surface area (Å²) in [6, 6.07) is 14.1. The fourth-order valence-corrected chi connectivity index (χ4v) is 4.37. The first kappa shape index (κ1) is 24.4. The van der Waals surface area contributed by atoms with Gasteiger partial charge in [-0.1, -0.05) is 19.1 Å². The largest absolute Gasteiger partial charge is 0.497 e. The number of aromatic nitrogens is 2. The number of carbonyl (C=O) groups is 2. The minimum atomic E-state index is -0.857. The highest BCUT2D eigenvalue weighted by atomic mass is 32.3. The fourth-order valence-electron chi connectivity index (χ4n) is 3.42. The summed E-state index contributed by atoms with van der Waals surface area (Å²) in [5.74, 6) is 0.906. The highest BCUT2D eigenvalue weighted by molar-refractivity contribution is 8.32. The summed E-state index contributed by atoms with van der Waals surface area (Å²) in [7, 11) is 0.734. The molecule has 0 saturated heterocycles. The van der Waals surface area contributed by atoms with Gasteiger partial charge in [-0.3, -0.25) is 9.59 Å². The number of methoxy groups -OCH3 is 1. The minimum absolute atomic E-state index is 0.0894. The van der Waals surface area contributed by atoms with Crippen LogP contribution in [0.3, 0.4) is 0 Å². The van der Waals surface area contributed by atoms with Gasteiger partial charge in [0.25, 0.3) is 5.91 Å². The van der Waals surface area contributed by atoms with Crippen molar-refractivity contribution in [2.24, 2.45) is 0 Å². The summed E-state index contributed by atoms with van der Waals surface area (Å²) in [5.41, 5.74) is 1.35. The summed E-state index contributed by atoms with van der Waals surface area (Å²) in [5, 5.41) is 5.82. The Bertz CT molecular complexity index is 1090. The Morgan fingerprint density at radius 2 is 1.73 bits per heavy atom. The molecule has 0 radical (unpaired) electrons. The van der Waals surface area contributed by atoms with Crippen molar-refractivity contribution in [2.45, 2.75) is 30.8 Å². The number of nitrogens with one attached hydrogen (secondary N) is 2. The molecule has 0 aliphatic rings. The van der Waals surface area contributed by atoms with Crippen LogP contribution < -0.4 is 15.4 Å². The summed E-state index contributed by atoms with van der Waals surface area (Å²) >= 11 is 0. The van der Waals surface area contributed by atoms with Gasteiger partial charge in [0, 0.05) is 24.5 Å². The van der Waals surface area contributed by atoms with E-state index in [1.54, 1.807) is 48.3 Å². The van der Waals surface area contributed by atoms with E-state index in [2.05, 4.69) is 34.4 Å². The second-order valence-electron chi connectivity index (χ2n) is 8.45. The molecule has 8 heteroatoms. The molecule has 1 aromatic heterocycles. The van der Waals surface area contributed by atoms with Crippen molar-refractivity contribution in [1.82, 2.24) is 14.9 Å². The third-order valence-corrected chi connectivity index (χ3v) is 6.96. The van der Waals surface area contributed by atoms with Crippen molar-refractivity contribution in [3.63, 3.8) is 0 Å². The van der Waals surface area contributed by atoms with Gasteiger partial charge in [0.1, 0.15) is 24.2 Å². The van der Waals surface area contributed by atoms with Crippen LogP contribution in [0.2, 0.25) is 0 Å². The number of hydrogen-bond donors (Lipinski definition) is 2. The van der Waals surface area contributed by atoms with Crippen LogP contribution in [0, 0.1) is 0 Å². The van der Waals surface area contributed by atoms with E-state index in [0.29, 0.717) is 17.0 Å². The first-order valence-electron chi connectivity index (χ1n) is 10.7. The van der Waals surface area contributed by atoms with Crippen LogP contribution in [0.25, 0.3) is 0 Å². The van der Waals surface area contributed by atoms with Gasteiger partial charge < -0.3 is 19.9 Å². The predicted molar refractivity (Wildman–Crippen MR) is 134 cm³/mol. The first-order chi connectivity index (χ1) is 15.7. The van der Waals surface area contributed by atoms with Crippen LogP contribution >= 0.6 is 10.0 Å². The van der Waals surface area contributed by atoms with Crippen molar-refractivity contribution in [1.29, 1.82) is 0 Å². The minimum Gasteiger partial charge on any atom is -0.497 e. The van der Waals surface area contributed by atoms with Crippen LogP contribution in [0.4, 0.5) is 5.69 Å². The molecular formula is C25H32N4O3S. The van der Waals surface area contributed by atoms with Crippen molar-refractivity contribution in [3.8, 4) is 5.75 Å². The molecular weight excluding hydrogens is 436 g/mol. The number of amides is 2. The lowest BCUT2D eigenvalue weighted by Gasteiger charge is -2.26. The Morgan fingerprint density at radius 1 is 1.06 bits per heavy atom. The second kappa shape index (κ2) is 10.6. The second-order valence-corrected chi connectivity index (χ2v) is 12.6. The fraction of sp³-hybridized carbons (Fsp3) is 0.320. The standard InChI is InChI=1S/C25H32N4O3S/c1-6-22-26-15-16-29(22)17-23(30)28-24(18-7-11-20(32-2)12-8-18)25(31)27-19-9-13-21(14-10-19)33(3,4)5/h7-16,24H,6,17H2,1-5H3,(H,27,31)(H,28,30). The average molecular weight is 469 g/mol. The molecule has 3 rings (SSSR count). The van der Waals surface area contributed by atoms with Crippen LogP contribution in [0.15, 0.2) is 65.8 Å². The monoisotopic (exact) mass is 468 g/mol. The molecule has 33 heavy (non-hydrogen) atoms. The average Bonchev–Trinajstić information content (AvgIpc) is 3.24. The molecule has 0 aliphatic heterocycles. The SMILES string of the molecule is CCc1nccn1CC(=O)NC(C(=O)Nc1ccc(S(C)(C)C)cc1)c1ccc(OC)cc1. The van der Waals surface area contributed by atoms with Crippen molar-refractivity contribution >= 4 is 27.5 Å². The van der Waals surface area contributed by atoms with Gasteiger partial charge in [-0.05, 0) is 65.6 Å². The number of carbonyl (C=O) groups excluding carboxylic acids is 2. The number of ether oxygens (including phenoxy) is 1. The molecule has 1 unspecified atom stereocenters. The molecule has 0 bridgehead atoms. The maximum Gasteiger partial charge on any atom is 0.251 e. The number of nitrogens with zero attached hydrogens (tertiary/aromatic N) is 2. The van der Waals surface area contributed by atoms with Gasteiger partial charge in [-0.25, -0.2) is 15.0 Å². The highest BCUT2D eigenvalue weighted by Gasteiger charge is 2.24. The molecule has 7 nitrogen and oxygen atoms in total. The van der Waals surface area contributed by atoms with Gasteiger partial charge in [0.05, 0.1) is 7.11 Å². The maximum atomic E-state index is 13.2. The zero-order valence-corrected chi connectivity index (χ0v) is 20.6. The van der Waals surface area contributed by atoms with Gasteiger partial charge in [-0.2, -0.15) is 0 Å². The van der Waals surface area contributed by atoms with E-state index in [-0.39, 0.29) is 18.4 Å². The molecule has 0 spiro atoms. The molecule has 1 heterocycles. The Morgan fingerprint density at radius 3 is 2.30 bits per heavy atom. The first-order valence-corrected chi connectivity index (χ1v) is 13.6. The predicted octanol–water partition coefficient (Wildman–Crippen LogP) is 4.00. The Hall–Kier alpha value is -3.26. The Labute approximate surface area is 196 Å². The van der Waals surface area contributed by atoms with E-state index in [0.717, 1.165) is 12.2 Å². The lowest BCUT2D eigenvalue weighted by Crippen LogP contribution is -2.38. The topological polar surface area (TPSA) is 85.2 Å². The van der Waals surface area contributed by atoms with Gasteiger partial charge in [-0.15, -0.1) is 0 Å². The Kier molecular flexibility index (Phi) is 7.81. The van der Waals surface area contributed by atoms with Crippen LogP contribution in [0.5, 0.6) is 5.75 Å². The highest BCUT2D eigenvalue weighted by Crippen LogP contribution is 2.45. The maximum absolute atomic E-state index is 13.2. The van der Waals surface area contributed by atoms with Crippen molar-refractivity contribution < 1.29 is 14.3 Å². The number of benzene rings is 2. The third-order valence-electron chi connectivity index (χ3n) is 5.28. The van der Waals surface area contributed by atoms with Crippen LogP contribution in [-0.2, 0) is 22.6 Å². The number of hydrogen-bond acceptors (Lipinski definition) is 4. The normalized spacial score (nSPS) is 12.6. The van der Waals surface area contributed by atoms with E-state index in [1.165, 1.54) is 4.90 Å². The van der Waals surface area contributed by atoms with Crippen LogP contribution in [-0.4, -0.2) is 47.2 Å². The molecule has 2 amide bonds. The zero-order valence-electron chi connectivity index (χ0n) is 19.8. The quantitative estimate of drug-likeness (QED) is 0.497. The zero-order chi connectivity index (χ0) is 24.0. The molecule has 0 fully saturated rings. The number of anilines is 1. The third kappa shape index (κ3) is 6.38. The van der Waals surface area contributed by atoms with Gasteiger partial charge in [0.15, 0.2) is 0 Å². The van der Waals surface area contributed by atoms with E-state index in [9.17, 15) is 9.59 Å². The van der Waals surface area contributed by atoms with Crippen molar-refractivity contribution in [3.05, 3.63) is 72.3 Å². The number of aryl methyl sites for hydroxylation is 1. The van der Waals surface area contributed by atoms with Crippen molar-refractivity contribution in [2.75, 3.05) is 31.2 Å².